The lowest BCUT2D eigenvalue weighted by atomic mass is 9.89. The molecule has 8 N–H and O–H groups in total. The molecule has 204 valence electrons. The van der Waals surface area contributed by atoms with E-state index in [1.165, 1.54) is 5.56 Å². The summed E-state index contributed by atoms with van der Waals surface area (Å²) in [5.74, 6) is 2.27. The number of nitrogens with two attached hydrogens (primary N) is 2. The van der Waals surface area contributed by atoms with Crippen molar-refractivity contribution in [2.75, 3.05) is 44.6 Å². The second-order valence-corrected chi connectivity index (χ2v) is 10.4. The maximum atomic E-state index is 13.0. The van der Waals surface area contributed by atoms with Crippen molar-refractivity contribution in [3.8, 4) is 11.5 Å². The number of piperidine rings is 1. The molecule has 0 spiro atoms. The van der Waals surface area contributed by atoms with Crippen molar-refractivity contribution in [2.24, 2.45) is 11.5 Å². The topological polar surface area (TPSA) is 174 Å². The predicted octanol–water partition coefficient (Wildman–Crippen LogP) is 2.07. The minimum absolute atomic E-state index is 0.00594. The SMILES string of the molecule is N=C(N)NCCCN1CCCC(n2cc3c(nc2=O)Nc2cc(C4CCN(C(=N)N)CC4)ccc2O3)CC1. The first-order valence-electron chi connectivity index (χ1n) is 13.5. The van der Waals surface area contributed by atoms with Crippen molar-refractivity contribution < 1.29 is 4.74 Å². The molecule has 0 radical (unpaired) electrons. The third kappa shape index (κ3) is 5.85. The summed E-state index contributed by atoms with van der Waals surface area (Å²) in [5.41, 5.74) is 12.8. The highest BCUT2D eigenvalue weighted by molar-refractivity contribution is 5.75. The van der Waals surface area contributed by atoms with E-state index >= 15 is 0 Å². The minimum Gasteiger partial charge on any atom is -0.450 e. The fraction of sp³-hybridized carbons (Fsp3) is 0.538. The number of fused-ring (bicyclic) bond motifs is 2. The molecule has 0 saturated carbocycles. The third-order valence-corrected chi connectivity index (χ3v) is 7.85. The van der Waals surface area contributed by atoms with Crippen molar-refractivity contribution in [1.29, 1.82) is 10.8 Å². The summed E-state index contributed by atoms with van der Waals surface area (Å²) in [5, 5.41) is 21.1. The smallest absolute Gasteiger partial charge is 0.350 e. The van der Waals surface area contributed by atoms with Crippen LogP contribution in [0.1, 0.15) is 56.0 Å². The normalized spacial score (nSPS) is 19.9. The molecule has 2 fully saturated rings. The van der Waals surface area contributed by atoms with Crippen LogP contribution >= 0.6 is 0 Å². The number of ether oxygens (including phenoxy) is 1. The molecule has 38 heavy (non-hydrogen) atoms. The fourth-order valence-corrected chi connectivity index (χ4v) is 5.73. The fourth-order valence-electron chi connectivity index (χ4n) is 5.73. The van der Waals surface area contributed by atoms with Crippen molar-refractivity contribution >= 4 is 23.4 Å². The van der Waals surface area contributed by atoms with E-state index < -0.39 is 0 Å². The number of likely N-dealkylation sites (tertiary alicyclic amines) is 2. The minimum atomic E-state index is -0.264. The summed E-state index contributed by atoms with van der Waals surface area (Å²) in [6, 6.07) is 6.26. The van der Waals surface area contributed by atoms with Gasteiger partial charge in [0, 0.05) is 32.2 Å². The van der Waals surface area contributed by atoms with Gasteiger partial charge in [0.25, 0.3) is 0 Å². The van der Waals surface area contributed by atoms with Crippen LogP contribution in [0.5, 0.6) is 11.5 Å². The Bertz CT molecular complexity index is 1240. The van der Waals surface area contributed by atoms with Gasteiger partial charge >= 0.3 is 5.69 Å². The number of aromatic nitrogens is 2. The zero-order chi connectivity index (χ0) is 26.6. The standard InChI is InChI=1S/C26H38N10O2/c27-24(28)31-9-2-11-34-10-1-3-19(8-12-34)36-16-22-23(33-26(36)37)32-20-15-18(4-5-21(20)38-22)17-6-13-35(14-7-17)25(29)30/h4-5,15-17,19H,1-3,6-14H2,(H3,29,30)(H4,27,28,31)(H,32,33,37). The Morgan fingerprint density at radius 1 is 1.11 bits per heavy atom. The van der Waals surface area contributed by atoms with Gasteiger partial charge in [-0.15, -0.1) is 0 Å². The largest absolute Gasteiger partial charge is 0.450 e. The number of rotatable bonds is 6. The van der Waals surface area contributed by atoms with Crippen LogP contribution < -0.4 is 32.5 Å². The molecular formula is C26H38N10O2. The van der Waals surface area contributed by atoms with E-state index in [0.717, 1.165) is 82.7 Å². The summed E-state index contributed by atoms with van der Waals surface area (Å²) in [4.78, 5) is 21.7. The number of hydrogen-bond donors (Lipinski definition) is 6. The molecule has 1 atom stereocenters. The number of nitrogens with one attached hydrogen (secondary N) is 4. The highest BCUT2D eigenvalue weighted by Gasteiger charge is 2.26. The van der Waals surface area contributed by atoms with Crippen LogP contribution in [-0.4, -0.2) is 70.5 Å². The molecule has 3 aliphatic heterocycles. The molecule has 12 nitrogen and oxygen atoms in total. The van der Waals surface area contributed by atoms with Crippen molar-refractivity contribution in [2.45, 2.75) is 50.5 Å². The molecule has 4 heterocycles. The second-order valence-electron chi connectivity index (χ2n) is 10.4. The van der Waals surface area contributed by atoms with Gasteiger partial charge in [0.05, 0.1) is 11.9 Å². The molecule has 0 amide bonds. The molecule has 0 bridgehead atoms. The number of hydrogen-bond acceptors (Lipinski definition) is 7. The van der Waals surface area contributed by atoms with Gasteiger partial charge in [-0.1, -0.05) is 6.07 Å². The zero-order valence-electron chi connectivity index (χ0n) is 21.7. The highest BCUT2D eigenvalue weighted by atomic mass is 16.5. The van der Waals surface area contributed by atoms with Gasteiger partial charge in [-0.3, -0.25) is 15.4 Å². The van der Waals surface area contributed by atoms with Crippen LogP contribution in [0.2, 0.25) is 0 Å². The number of benzene rings is 1. The lowest BCUT2D eigenvalue weighted by Gasteiger charge is -2.33. The van der Waals surface area contributed by atoms with Gasteiger partial charge in [-0.05, 0) is 75.2 Å². The van der Waals surface area contributed by atoms with E-state index in [2.05, 4.69) is 32.7 Å². The molecule has 1 aromatic heterocycles. The van der Waals surface area contributed by atoms with Gasteiger partial charge in [0.1, 0.15) is 0 Å². The Labute approximate surface area is 222 Å². The number of guanidine groups is 2. The molecule has 5 rings (SSSR count). The third-order valence-electron chi connectivity index (χ3n) is 7.85. The van der Waals surface area contributed by atoms with Crippen LogP contribution in [0.3, 0.4) is 0 Å². The Kier molecular flexibility index (Phi) is 7.68. The molecule has 3 aliphatic rings. The first-order chi connectivity index (χ1) is 18.4. The molecular weight excluding hydrogens is 484 g/mol. The second kappa shape index (κ2) is 11.3. The van der Waals surface area contributed by atoms with Crippen LogP contribution in [0.4, 0.5) is 11.5 Å². The summed E-state index contributed by atoms with van der Waals surface area (Å²) in [6.07, 6.45) is 7.39. The first kappa shape index (κ1) is 25.8. The van der Waals surface area contributed by atoms with Gasteiger partial charge in [0.2, 0.25) is 0 Å². The summed E-state index contributed by atoms with van der Waals surface area (Å²) in [6.45, 7) is 5.08. The Morgan fingerprint density at radius 3 is 2.68 bits per heavy atom. The van der Waals surface area contributed by atoms with E-state index in [9.17, 15) is 4.79 Å². The van der Waals surface area contributed by atoms with Crippen molar-refractivity contribution in [3.05, 3.63) is 40.4 Å². The average Bonchev–Trinajstić information content (AvgIpc) is 3.15. The molecule has 2 saturated heterocycles. The number of nitrogens with zero attached hydrogens (tertiary/aromatic N) is 4. The van der Waals surface area contributed by atoms with E-state index in [-0.39, 0.29) is 23.7 Å². The number of anilines is 2. The summed E-state index contributed by atoms with van der Waals surface area (Å²) in [7, 11) is 0. The molecule has 2 aromatic rings. The summed E-state index contributed by atoms with van der Waals surface area (Å²) < 4.78 is 7.95. The van der Waals surface area contributed by atoms with Crippen molar-refractivity contribution in [1.82, 2.24) is 24.7 Å². The van der Waals surface area contributed by atoms with E-state index in [4.69, 9.17) is 27.0 Å². The van der Waals surface area contributed by atoms with Gasteiger partial charge in [-0.25, -0.2) is 4.79 Å². The van der Waals surface area contributed by atoms with Crippen LogP contribution in [-0.2, 0) is 0 Å². The quantitative estimate of drug-likeness (QED) is 0.161. The molecule has 0 aliphatic carbocycles. The van der Waals surface area contributed by atoms with Crippen LogP contribution in [0.25, 0.3) is 0 Å². The predicted molar refractivity (Wildman–Crippen MR) is 148 cm³/mol. The van der Waals surface area contributed by atoms with E-state index in [1.54, 1.807) is 4.57 Å². The van der Waals surface area contributed by atoms with Crippen molar-refractivity contribution in [3.63, 3.8) is 0 Å². The highest BCUT2D eigenvalue weighted by Crippen LogP contribution is 2.42. The molecule has 1 unspecified atom stereocenters. The maximum Gasteiger partial charge on any atom is 0.350 e. The van der Waals surface area contributed by atoms with Gasteiger partial charge in [0.15, 0.2) is 29.2 Å². The Hall–Kier alpha value is -3.80. The zero-order valence-corrected chi connectivity index (χ0v) is 21.7. The molecule has 12 heteroatoms. The van der Waals surface area contributed by atoms with Crippen LogP contribution in [0.15, 0.2) is 29.2 Å². The van der Waals surface area contributed by atoms with Gasteiger partial charge in [-0.2, -0.15) is 4.98 Å². The Balaban J connectivity index is 1.23. The Morgan fingerprint density at radius 2 is 1.92 bits per heavy atom. The monoisotopic (exact) mass is 522 g/mol. The lowest BCUT2D eigenvalue weighted by molar-refractivity contribution is 0.276. The van der Waals surface area contributed by atoms with E-state index in [0.29, 0.717) is 24.0 Å². The van der Waals surface area contributed by atoms with Crippen LogP contribution in [0, 0.1) is 10.8 Å². The van der Waals surface area contributed by atoms with E-state index in [1.807, 2.05) is 17.2 Å². The van der Waals surface area contributed by atoms with Gasteiger partial charge < -0.3 is 36.6 Å². The molecule has 1 aromatic carbocycles. The first-order valence-corrected chi connectivity index (χ1v) is 13.5. The lowest BCUT2D eigenvalue weighted by Crippen LogP contribution is -2.41. The average molecular weight is 523 g/mol. The summed E-state index contributed by atoms with van der Waals surface area (Å²) >= 11 is 0. The maximum absolute atomic E-state index is 13.0.